The molecule has 0 radical (unpaired) electrons. The van der Waals surface area contributed by atoms with Crippen LogP contribution in [0.4, 0.5) is 5.69 Å². The number of methoxy groups -OCH3 is 1. The average molecular weight is 428 g/mol. The van der Waals surface area contributed by atoms with Gasteiger partial charge in [-0.2, -0.15) is 0 Å². The first-order valence-electron chi connectivity index (χ1n) is 10.6. The molecule has 0 saturated carbocycles. The van der Waals surface area contributed by atoms with Crippen molar-refractivity contribution < 1.29 is 19.2 Å². The Morgan fingerprint density at radius 2 is 1.65 bits per heavy atom. The lowest BCUT2D eigenvalue weighted by Gasteiger charge is -2.31. The first-order chi connectivity index (χ1) is 15.1. The number of likely N-dealkylation sites (tertiary alicyclic amines) is 1. The van der Waals surface area contributed by atoms with E-state index in [0.29, 0.717) is 12.3 Å². The average Bonchev–Trinajstić information content (AvgIpc) is 3.08. The number of benzene rings is 2. The van der Waals surface area contributed by atoms with E-state index in [1.165, 1.54) is 37.1 Å². The molecule has 1 amide bonds. The van der Waals surface area contributed by atoms with Gasteiger partial charge in [0.05, 0.1) is 18.1 Å². The van der Waals surface area contributed by atoms with E-state index >= 15 is 0 Å². The Hall–Kier alpha value is -3.13. The highest BCUT2D eigenvalue weighted by Crippen LogP contribution is 2.25. The lowest BCUT2D eigenvalue weighted by Crippen LogP contribution is -2.40. The topological polar surface area (TPSA) is 93.9 Å². The summed E-state index contributed by atoms with van der Waals surface area (Å²) < 4.78 is 10.7. The molecule has 0 aliphatic carbocycles. The van der Waals surface area contributed by atoms with Crippen LogP contribution >= 0.6 is 0 Å². The number of hydrogen-bond donors (Lipinski definition) is 1. The fourth-order valence-corrected chi connectivity index (χ4v) is 3.77. The molecule has 1 N–H and O–H groups in total. The number of carbonyl (C=O) groups is 1. The Kier molecular flexibility index (Phi) is 8.23. The number of ether oxygens (including phenoxy) is 2. The minimum Gasteiger partial charge on any atom is -0.497 e. The van der Waals surface area contributed by atoms with Crippen molar-refractivity contribution in [3.63, 3.8) is 0 Å². The molecule has 1 saturated heterocycles. The first-order valence-corrected chi connectivity index (χ1v) is 10.6. The van der Waals surface area contributed by atoms with Crippen LogP contribution in [0.25, 0.3) is 0 Å². The molecule has 3 rings (SSSR count). The van der Waals surface area contributed by atoms with Gasteiger partial charge in [-0.15, -0.1) is 0 Å². The number of non-ortho nitro benzene ring substituents is 1. The minimum atomic E-state index is -0.474. The summed E-state index contributed by atoms with van der Waals surface area (Å²) in [6, 6.07) is 13.7. The molecule has 166 valence electrons. The zero-order valence-corrected chi connectivity index (χ0v) is 17.8. The van der Waals surface area contributed by atoms with E-state index < -0.39 is 4.92 Å². The van der Waals surface area contributed by atoms with Gasteiger partial charge in [-0.25, -0.2) is 0 Å². The maximum atomic E-state index is 12.4. The molecule has 1 aliphatic heterocycles. The van der Waals surface area contributed by atoms with Gasteiger partial charge in [0, 0.05) is 18.7 Å². The van der Waals surface area contributed by atoms with Crippen molar-refractivity contribution in [2.75, 3.05) is 33.4 Å². The molecule has 1 heterocycles. The van der Waals surface area contributed by atoms with Gasteiger partial charge < -0.3 is 14.8 Å². The van der Waals surface area contributed by atoms with E-state index in [0.717, 1.165) is 37.2 Å². The number of nitro groups is 1. The van der Waals surface area contributed by atoms with Crippen LogP contribution in [0.1, 0.15) is 37.3 Å². The molecule has 2 aromatic carbocycles. The van der Waals surface area contributed by atoms with E-state index in [-0.39, 0.29) is 24.2 Å². The normalized spacial score (nSPS) is 15.5. The van der Waals surface area contributed by atoms with Crippen LogP contribution in [0.15, 0.2) is 48.5 Å². The molecular weight excluding hydrogens is 398 g/mol. The maximum absolute atomic E-state index is 12.4. The van der Waals surface area contributed by atoms with Gasteiger partial charge in [0.2, 0.25) is 0 Å². The van der Waals surface area contributed by atoms with Crippen molar-refractivity contribution in [2.45, 2.75) is 31.7 Å². The second kappa shape index (κ2) is 11.3. The second-order valence-corrected chi connectivity index (χ2v) is 7.58. The largest absolute Gasteiger partial charge is 0.497 e. The van der Waals surface area contributed by atoms with Gasteiger partial charge in [0.15, 0.2) is 6.61 Å². The molecule has 1 atom stereocenters. The zero-order chi connectivity index (χ0) is 22.1. The number of nitrogens with zero attached hydrogens (tertiary/aromatic N) is 2. The molecule has 0 bridgehead atoms. The standard InChI is InChI=1S/C23H29N3O5/c1-30-20-10-6-18(7-11-20)22(25-14-4-2-3-5-15-25)16-24-23(27)17-31-21-12-8-19(9-13-21)26(28)29/h6-13,22H,2-5,14-17H2,1H3,(H,24,27)/t22-/m0/s1. The second-order valence-electron chi connectivity index (χ2n) is 7.58. The van der Waals surface area contributed by atoms with Crippen molar-refractivity contribution >= 4 is 11.6 Å². The molecule has 8 heteroatoms. The van der Waals surface area contributed by atoms with E-state index in [9.17, 15) is 14.9 Å². The third-order valence-electron chi connectivity index (χ3n) is 5.49. The molecule has 8 nitrogen and oxygen atoms in total. The fourth-order valence-electron chi connectivity index (χ4n) is 3.77. The van der Waals surface area contributed by atoms with E-state index in [1.54, 1.807) is 7.11 Å². The van der Waals surface area contributed by atoms with Crippen molar-refractivity contribution in [2.24, 2.45) is 0 Å². The third kappa shape index (κ3) is 6.68. The molecular formula is C23H29N3O5. The summed E-state index contributed by atoms with van der Waals surface area (Å²) in [4.78, 5) is 25.1. The Morgan fingerprint density at radius 1 is 1.03 bits per heavy atom. The predicted octanol–water partition coefficient (Wildman–Crippen LogP) is 3.72. The van der Waals surface area contributed by atoms with Crippen LogP contribution in [-0.2, 0) is 4.79 Å². The zero-order valence-electron chi connectivity index (χ0n) is 17.8. The Morgan fingerprint density at radius 3 is 2.23 bits per heavy atom. The SMILES string of the molecule is COc1ccc([C@H](CNC(=O)COc2ccc([N+](=O)[O-])cc2)N2CCCCCC2)cc1. The van der Waals surface area contributed by atoms with Crippen molar-refractivity contribution in [1.82, 2.24) is 10.2 Å². The Labute approximate surface area is 182 Å². The maximum Gasteiger partial charge on any atom is 0.269 e. The molecule has 0 aromatic heterocycles. The van der Waals surface area contributed by atoms with Gasteiger partial charge >= 0.3 is 0 Å². The molecule has 0 unspecified atom stereocenters. The summed E-state index contributed by atoms with van der Waals surface area (Å²) in [5, 5.41) is 13.7. The van der Waals surface area contributed by atoms with E-state index in [4.69, 9.17) is 9.47 Å². The summed E-state index contributed by atoms with van der Waals surface area (Å²) in [5.74, 6) is 0.991. The van der Waals surface area contributed by atoms with Crippen LogP contribution in [0, 0.1) is 10.1 Å². The Balaban J connectivity index is 1.59. The highest BCUT2D eigenvalue weighted by atomic mass is 16.6. The summed E-state index contributed by atoms with van der Waals surface area (Å²) in [6.07, 6.45) is 4.79. The number of rotatable bonds is 9. The summed E-state index contributed by atoms with van der Waals surface area (Å²) in [6.45, 7) is 2.35. The van der Waals surface area contributed by atoms with Gasteiger partial charge in [-0.05, 0) is 55.8 Å². The van der Waals surface area contributed by atoms with Crippen LogP contribution < -0.4 is 14.8 Å². The van der Waals surface area contributed by atoms with Crippen LogP contribution in [0.5, 0.6) is 11.5 Å². The number of hydrogen-bond acceptors (Lipinski definition) is 6. The molecule has 1 fully saturated rings. The third-order valence-corrected chi connectivity index (χ3v) is 5.49. The van der Waals surface area contributed by atoms with E-state index in [2.05, 4.69) is 10.2 Å². The van der Waals surface area contributed by atoms with Gasteiger partial charge in [0.1, 0.15) is 11.5 Å². The van der Waals surface area contributed by atoms with E-state index in [1.807, 2.05) is 24.3 Å². The van der Waals surface area contributed by atoms with Crippen molar-refractivity contribution in [3.8, 4) is 11.5 Å². The first kappa shape index (κ1) is 22.6. The predicted molar refractivity (Wildman–Crippen MR) is 117 cm³/mol. The smallest absolute Gasteiger partial charge is 0.269 e. The summed E-state index contributed by atoms with van der Waals surface area (Å²) >= 11 is 0. The highest BCUT2D eigenvalue weighted by Gasteiger charge is 2.22. The number of nitrogens with one attached hydrogen (secondary N) is 1. The summed E-state index contributed by atoms with van der Waals surface area (Å²) in [7, 11) is 1.65. The lowest BCUT2D eigenvalue weighted by molar-refractivity contribution is -0.384. The molecule has 31 heavy (non-hydrogen) atoms. The number of nitro benzene ring substituents is 1. The lowest BCUT2D eigenvalue weighted by atomic mass is 10.0. The molecule has 0 spiro atoms. The minimum absolute atomic E-state index is 0.0171. The molecule has 2 aromatic rings. The Bertz CT molecular complexity index is 847. The van der Waals surface area contributed by atoms with Gasteiger partial charge in [0.25, 0.3) is 11.6 Å². The molecule has 1 aliphatic rings. The fraction of sp³-hybridized carbons (Fsp3) is 0.435. The van der Waals surface area contributed by atoms with Crippen LogP contribution in [0.3, 0.4) is 0 Å². The highest BCUT2D eigenvalue weighted by molar-refractivity contribution is 5.77. The van der Waals surface area contributed by atoms with Crippen LogP contribution in [-0.4, -0.2) is 49.1 Å². The van der Waals surface area contributed by atoms with Gasteiger partial charge in [-0.1, -0.05) is 25.0 Å². The number of carbonyl (C=O) groups excluding carboxylic acids is 1. The summed E-state index contributed by atoms with van der Waals surface area (Å²) in [5.41, 5.74) is 1.12. The quantitative estimate of drug-likeness (QED) is 0.484. The van der Waals surface area contributed by atoms with Crippen molar-refractivity contribution in [3.05, 3.63) is 64.2 Å². The van der Waals surface area contributed by atoms with Gasteiger partial charge in [-0.3, -0.25) is 19.8 Å². The van der Waals surface area contributed by atoms with Crippen molar-refractivity contribution in [1.29, 1.82) is 0 Å². The van der Waals surface area contributed by atoms with Crippen LogP contribution in [0.2, 0.25) is 0 Å². The monoisotopic (exact) mass is 427 g/mol. The number of amides is 1.